The third kappa shape index (κ3) is 5.12. The van der Waals surface area contributed by atoms with Gasteiger partial charge in [0.25, 0.3) is 0 Å². The van der Waals surface area contributed by atoms with E-state index in [-0.39, 0.29) is 0 Å². The standard InChI is InChI=1S/C49H29N3S2/c1-2-12-30(13-3-1)33-14-10-15-34(28-33)41-29-42(38-20-11-19-36-35-16-5-8-22-43(35)53-47(36)38)52-49(51-41)32-26-24-31(25-27-32)46-45-39-18-6-9-23-44(39)54-48(45)37-17-4-7-21-40(37)50-46/h1-29H. The minimum Gasteiger partial charge on any atom is -0.247 e. The molecular weight excluding hydrogens is 695 g/mol. The lowest BCUT2D eigenvalue weighted by molar-refractivity contribution is 1.19. The summed E-state index contributed by atoms with van der Waals surface area (Å²) in [6.07, 6.45) is 0. The van der Waals surface area contributed by atoms with Crippen molar-refractivity contribution in [2.45, 2.75) is 0 Å². The summed E-state index contributed by atoms with van der Waals surface area (Å²) in [4.78, 5) is 15.8. The normalized spacial score (nSPS) is 11.7. The van der Waals surface area contributed by atoms with E-state index in [2.05, 4.69) is 176 Å². The molecule has 0 bridgehead atoms. The SMILES string of the molecule is c1ccc(-c2cccc(-c3cc(-c4cccc5c4sc4ccccc45)nc(-c4ccc(-c5nc6ccccc6c6sc7ccccc7c56)cc4)n3)c2)cc1. The van der Waals surface area contributed by atoms with Crippen molar-refractivity contribution in [3.63, 3.8) is 0 Å². The zero-order valence-corrected chi connectivity index (χ0v) is 30.5. The number of benzene rings is 7. The maximum absolute atomic E-state index is 5.31. The average Bonchev–Trinajstić information content (AvgIpc) is 3.83. The van der Waals surface area contributed by atoms with E-state index in [0.717, 1.165) is 50.4 Å². The largest absolute Gasteiger partial charge is 0.247 e. The molecule has 4 heterocycles. The van der Waals surface area contributed by atoms with Gasteiger partial charge in [-0.25, -0.2) is 15.0 Å². The van der Waals surface area contributed by atoms with Gasteiger partial charge in [-0.05, 0) is 41.5 Å². The quantitative estimate of drug-likeness (QED) is 0.177. The molecule has 3 nitrogen and oxygen atoms in total. The van der Waals surface area contributed by atoms with E-state index in [0.29, 0.717) is 5.82 Å². The van der Waals surface area contributed by atoms with Crippen LogP contribution in [0.15, 0.2) is 176 Å². The van der Waals surface area contributed by atoms with Crippen LogP contribution in [-0.2, 0) is 0 Å². The van der Waals surface area contributed by atoms with Gasteiger partial charge in [-0.1, -0.05) is 146 Å². The van der Waals surface area contributed by atoms with E-state index in [1.807, 2.05) is 22.7 Å². The molecule has 0 fully saturated rings. The first-order valence-electron chi connectivity index (χ1n) is 18.0. The monoisotopic (exact) mass is 723 g/mol. The lowest BCUT2D eigenvalue weighted by Gasteiger charge is -2.12. The Labute approximate surface area is 319 Å². The third-order valence-electron chi connectivity index (χ3n) is 10.3. The van der Waals surface area contributed by atoms with Crippen molar-refractivity contribution in [3.05, 3.63) is 176 Å². The highest BCUT2D eigenvalue weighted by Crippen LogP contribution is 2.44. The zero-order chi connectivity index (χ0) is 35.6. The molecule has 0 aliphatic carbocycles. The van der Waals surface area contributed by atoms with Crippen LogP contribution in [0.5, 0.6) is 0 Å². The molecule has 54 heavy (non-hydrogen) atoms. The molecule has 252 valence electrons. The Hall–Kier alpha value is -6.53. The number of thiophene rings is 2. The Bertz CT molecular complexity index is 3210. The van der Waals surface area contributed by atoms with E-state index >= 15 is 0 Å². The Balaban J connectivity index is 1.09. The fourth-order valence-electron chi connectivity index (χ4n) is 7.70. The molecule has 11 aromatic rings. The summed E-state index contributed by atoms with van der Waals surface area (Å²) in [7, 11) is 0. The van der Waals surface area contributed by atoms with Crippen LogP contribution in [0.2, 0.25) is 0 Å². The second-order valence-electron chi connectivity index (χ2n) is 13.5. The van der Waals surface area contributed by atoms with Crippen LogP contribution >= 0.6 is 22.7 Å². The summed E-state index contributed by atoms with van der Waals surface area (Å²) < 4.78 is 5.05. The van der Waals surface area contributed by atoms with Gasteiger partial charge in [-0.3, -0.25) is 0 Å². The van der Waals surface area contributed by atoms with Crippen molar-refractivity contribution in [2.24, 2.45) is 0 Å². The van der Waals surface area contributed by atoms with Crippen LogP contribution < -0.4 is 0 Å². The summed E-state index contributed by atoms with van der Waals surface area (Å²) in [6, 6.07) is 62.3. The highest BCUT2D eigenvalue weighted by Gasteiger charge is 2.18. The minimum atomic E-state index is 0.690. The van der Waals surface area contributed by atoms with Crippen LogP contribution in [0.3, 0.4) is 0 Å². The Morgan fingerprint density at radius 1 is 0.352 bits per heavy atom. The van der Waals surface area contributed by atoms with Gasteiger partial charge in [0.05, 0.1) is 22.6 Å². The average molecular weight is 724 g/mol. The minimum absolute atomic E-state index is 0.690. The molecule has 0 unspecified atom stereocenters. The summed E-state index contributed by atoms with van der Waals surface area (Å²) >= 11 is 3.66. The topological polar surface area (TPSA) is 38.7 Å². The van der Waals surface area contributed by atoms with Gasteiger partial charge < -0.3 is 0 Å². The number of rotatable bonds is 5. The molecule has 0 N–H and O–H groups in total. The molecule has 0 saturated carbocycles. The lowest BCUT2D eigenvalue weighted by atomic mass is 9.99. The number of para-hydroxylation sites is 1. The summed E-state index contributed by atoms with van der Waals surface area (Å²) in [5, 5.41) is 6.16. The van der Waals surface area contributed by atoms with Crippen molar-refractivity contribution < 1.29 is 0 Å². The van der Waals surface area contributed by atoms with E-state index in [1.165, 1.54) is 51.3 Å². The maximum Gasteiger partial charge on any atom is 0.160 e. The predicted octanol–water partition coefficient (Wildman–Crippen LogP) is 14.1. The third-order valence-corrected chi connectivity index (χ3v) is 12.7. The molecule has 0 radical (unpaired) electrons. The summed E-state index contributed by atoms with van der Waals surface area (Å²) in [6.45, 7) is 0. The molecule has 0 atom stereocenters. The van der Waals surface area contributed by atoms with E-state index < -0.39 is 0 Å². The smallest absolute Gasteiger partial charge is 0.160 e. The van der Waals surface area contributed by atoms with Gasteiger partial charge in [0.2, 0.25) is 0 Å². The highest BCUT2D eigenvalue weighted by atomic mass is 32.1. The molecule has 11 rings (SSSR count). The number of pyridine rings is 1. The van der Waals surface area contributed by atoms with Gasteiger partial charge in [0.1, 0.15) is 0 Å². The van der Waals surface area contributed by atoms with Crippen molar-refractivity contribution in [1.82, 2.24) is 15.0 Å². The summed E-state index contributed by atoms with van der Waals surface area (Å²) in [5.41, 5.74) is 10.3. The zero-order valence-electron chi connectivity index (χ0n) is 28.9. The Kier molecular flexibility index (Phi) is 7.22. The number of aromatic nitrogens is 3. The fraction of sp³-hybridized carbons (Fsp3) is 0. The number of nitrogens with zero attached hydrogens (tertiary/aromatic N) is 3. The first kappa shape index (κ1) is 31.0. The van der Waals surface area contributed by atoms with E-state index in [4.69, 9.17) is 15.0 Å². The Morgan fingerprint density at radius 2 is 0.963 bits per heavy atom. The van der Waals surface area contributed by atoms with Crippen molar-refractivity contribution >= 4 is 73.9 Å². The van der Waals surface area contributed by atoms with Crippen LogP contribution in [0.25, 0.3) is 108 Å². The van der Waals surface area contributed by atoms with Crippen molar-refractivity contribution in [3.8, 4) is 56.3 Å². The van der Waals surface area contributed by atoms with Gasteiger partial charge in [-0.15, -0.1) is 22.7 Å². The number of hydrogen-bond acceptors (Lipinski definition) is 5. The molecule has 0 aliphatic rings. The van der Waals surface area contributed by atoms with Crippen LogP contribution in [0, 0.1) is 0 Å². The second-order valence-corrected chi connectivity index (χ2v) is 15.7. The number of hydrogen-bond donors (Lipinski definition) is 0. The van der Waals surface area contributed by atoms with Gasteiger partial charge in [0.15, 0.2) is 5.82 Å². The van der Waals surface area contributed by atoms with Gasteiger partial charge in [0, 0.05) is 68.0 Å². The van der Waals surface area contributed by atoms with Crippen LogP contribution in [-0.4, -0.2) is 15.0 Å². The molecule has 7 aromatic carbocycles. The first-order valence-corrected chi connectivity index (χ1v) is 19.6. The molecule has 5 heteroatoms. The van der Waals surface area contributed by atoms with Crippen LogP contribution in [0.4, 0.5) is 0 Å². The highest BCUT2D eigenvalue weighted by molar-refractivity contribution is 7.27. The summed E-state index contributed by atoms with van der Waals surface area (Å²) in [5.74, 6) is 0.690. The molecule has 0 amide bonds. The Morgan fingerprint density at radius 3 is 1.81 bits per heavy atom. The number of fused-ring (bicyclic) bond motifs is 8. The van der Waals surface area contributed by atoms with Gasteiger partial charge in [-0.2, -0.15) is 0 Å². The van der Waals surface area contributed by atoms with E-state index in [9.17, 15) is 0 Å². The van der Waals surface area contributed by atoms with Crippen molar-refractivity contribution in [1.29, 1.82) is 0 Å². The molecule has 0 aliphatic heterocycles. The van der Waals surface area contributed by atoms with Crippen LogP contribution in [0.1, 0.15) is 0 Å². The second kappa shape index (κ2) is 12.6. The first-order chi connectivity index (χ1) is 26.7. The molecule has 0 saturated heterocycles. The lowest BCUT2D eigenvalue weighted by Crippen LogP contribution is -1.96. The fourth-order valence-corrected chi connectivity index (χ4v) is 10.2. The van der Waals surface area contributed by atoms with Gasteiger partial charge >= 0.3 is 0 Å². The predicted molar refractivity (Wildman–Crippen MR) is 230 cm³/mol. The molecule has 0 spiro atoms. The van der Waals surface area contributed by atoms with E-state index in [1.54, 1.807) is 0 Å². The molecular formula is C49H29N3S2. The molecule has 4 aromatic heterocycles. The maximum atomic E-state index is 5.31. The van der Waals surface area contributed by atoms with Crippen molar-refractivity contribution in [2.75, 3.05) is 0 Å².